The minimum atomic E-state index is -0.367. The Morgan fingerprint density at radius 1 is 1.03 bits per heavy atom. The highest BCUT2D eigenvalue weighted by atomic mass is 32.1. The fourth-order valence-electron chi connectivity index (χ4n) is 3.38. The number of piperidine rings is 1. The van der Waals surface area contributed by atoms with Crippen molar-refractivity contribution in [2.45, 2.75) is 12.8 Å². The molecule has 0 unspecified atom stereocenters. The quantitative estimate of drug-likeness (QED) is 0.709. The Hall–Kier alpha value is -3.13. The van der Waals surface area contributed by atoms with E-state index in [0.717, 1.165) is 16.9 Å². The van der Waals surface area contributed by atoms with Crippen LogP contribution in [0.25, 0.3) is 11.3 Å². The summed E-state index contributed by atoms with van der Waals surface area (Å²) in [5, 5.41) is 8.85. The maximum atomic E-state index is 13.0. The monoisotopic (exact) mass is 410 g/mol. The zero-order chi connectivity index (χ0) is 20.2. The summed E-state index contributed by atoms with van der Waals surface area (Å²) in [6, 6.07) is 13.0. The topological polar surface area (TPSA) is 75.2 Å². The number of carbonyl (C=O) groups is 2. The summed E-state index contributed by atoms with van der Waals surface area (Å²) >= 11 is 1.29. The predicted molar refractivity (Wildman–Crippen MR) is 109 cm³/mol. The third-order valence-corrected chi connectivity index (χ3v) is 5.56. The molecule has 0 bridgehead atoms. The van der Waals surface area contributed by atoms with Gasteiger partial charge in [-0.05, 0) is 60.8 Å². The van der Waals surface area contributed by atoms with Crippen LogP contribution < -0.4 is 5.32 Å². The van der Waals surface area contributed by atoms with E-state index in [-0.39, 0.29) is 23.5 Å². The Kier molecular flexibility index (Phi) is 5.62. The van der Waals surface area contributed by atoms with Crippen LogP contribution in [0.15, 0.2) is 53.9 Å². The lowest BCUT2D eigenvalue weighted by atomic mass is 9.95. The zero-order valence-corrected chi connectivity index (χ0v) is 16.4. The molecule has 1 saturated heterocycles. The summed E-state index contributed by atoms with van der Waals surface area (Å²) in [4.78, 5) is 26.8. The standard InChI is InChI=1S/C21H19FN4O2S/c22-17-5-1-16(2-6-17)21(28)26-11-9-15(10-12-26)20(27)23-18-7-3-14(4-8-18)19-13-29-25-24-19/h1-8,13,15H,9-12H2,(H,23,27). The summed E-state index contributed by atoms with van der Waals surface area (Å²) < 4.78 is 16.9. The second kappa shape index (κ2) is 8.48. The number of halogens is 1. The van der Waals surface area contributed by atoms with Gasteiger partial charge in [0, 0.05) is 41.2 Å². The molecular weight excluding hydrogens is 391 g/mol. The molecule has 2 heterocycles. The minimum Gasteiger partial charge on any atom is -0.339 e. The van der Waals surface area contributed by atoms with E-state index in [2.05, 4.69) is 14.9 Å². The molecule has 6 nitrogen and oxygen atoms in total. The van der Waals surface area contributed by atoms with Crippen LogP contribution >= 0.6 is 11.5 Å². The fraction of sp³-hybridized carbons (Fsp3) is 0.238. The van der Waals surface area contributed by atoms with E-state index in [1.54, 1.807) is 4.90 Å². The van der Waals surface area contributed by atoms with Crippen molar-refractivity contribution in [3.8, 4) is 11.3 Å². The SMILES string of the molecule is O=C(Nc1ccc(-c2csnn2)cc1)C1CCN(C(=O)c2ccc(F)cc2)CC1. The molecule has 0 aliphatic carbocycles. The first kappa shape index (κ1) is 19.2. The summed E-state index contributed by atoms with van der Waals surface area (Å²) in [6.07, 6.45) is 1.20. The fourth-order valence-corrected chi connectivity index (χ4v) is 3.84. The largest absolute Gasteiger partial charge is 0.339 e. The third-order valence-electron chi connectivity index (χ3n) is 5.05. The normalized spacial score (nSPS) is 14.6. The molecule has 3 aromatic rings. The number of benzene rings is 2. The van der Waals surface area contributed by atoms with E-state index >= 15 is 0 Å². The first-order valence-electron chi connectivity index (χ1n) is 9.33. The van der Waals surface area contributed by atoms with Gasteiger partial charge in [-0.25, -0.2) is 4.39 Å². The molecule has 1 N–H and O–H groups in total. The van der Waals surface area contributed by atoms with Crippen LogP contribution in [0.5, 0.6) is 0 Å². The lowest BCUT2D eigenvalue weighted by Crippen LogP contribution is -2.41. The molecule has 29 heavy (non-hydrogen) atoms. The number of hydrogen-bond donors (Lipinski definition) is 1. The van der Waals surface area contributed by atoms with Gasteiger partial charge in [0.2, 0.25) is 5.91 Å². The molecular formula is C21H19FN4O2S. The van der Waals surface area contributed by atoms with Crippen LogP contribution in [0.4, 0.5) is 10.1 Å². The molecule has 1 aromatic heterocycles. The molecule has 2 amide bonds. The summed E-state index contributed by atoms with van der Waals surface area (Å²) in [6.45, 7) is 1.01. The summed E-state index contributed by atoms with van der Waals surface area (Å²) in [5.74, 6) is -0.680. The molecule has 148 valence electrons. The summed E-state index contributed by atoms with van der Waals surface area (Å²) in [5.41, 5.74) is 2.95. The Morgan fingerprint density at radius 3 is 2.34 bits per heavy atom. The van der Waals surface area contributed by atoms with Crippen molar-refractivity contribution in [3.63, 3.8) is 0 Å². The van der Waals surface area contributed by atoms with Crippen LogP contribution in [-0.4, -0.2) is 39.4 Å². The first-order valence-corrected chi connectivity index (χ1v) is 10.2. The molecule has 4 rings (SSSR count). The Morgan fingerprint density at radius 2 is 1.72 bits per heavy atom. The lowest BCUT2D eigenvalue weighted by molar-refractivity contribution is -0.121. The average molecular weight is 410 g/mol. The van der Waals surface area contributed by atoms with E-state index < -0.39 is 0 Å². The molecule has 2 aromatic carbocycles. The van der Waals surface area contributed by atoms with Crippen molar-refractivity contribution in [1.82, 2.24) is 14.5 Å². The van der Waals surface area contributed by atoms with Crippen LogP contribution in [0.2, 0.25) is 0 Å². The highest BCUT2D eigenvalue weighted by Crippen LogP contribution is 2.23. The van der Waals surface area contributed by atoms with Crippen LogP contribution in [0.3, 0.4) is 0 Å². The highest BCUT2D eigenvalue weighted by Gasteiger charge is 2.28. The Labute approximate surface area is 171 Å². The van der Waals surface area contributed by atoms with Gasteiger partial charge in [0.25, 0.3) is 5.91 Å². The Bertz CT molecular complexity index is 983. The predicted octanol–water partition coefficient (Wildman–Crippen LogP) is 3.84. The second-order valence-electron chi connectivity index (χ2n) is 6.93. The molecule has 1 fully saturated rings. The van der Waals surface area contributed by atoms with Gasteiger partial charge in [0.15, 0.2) is 0 Å². The van der Waals surface area contributed by atoms with E-state index in [1.165, 1.54) is 35.8 Å². The number of aromatic nitrogens is 2. The van der Waals surface area contributed by atoms with Gasteiger partial charge in [-0.2, -0.15) is 0 Å². The van der Waals surface area contributed by atoms with E-state index in [0.29, 0.717) is 31.5 Å². The van der Waals surface area contributed by atoms with Crippen molar-refractivity contribution >= 4 is 29.0 Å². The number of nitrogens with one attached hydrogen (secondary N) is 1. The van der Waals surface area contributed by atoms with Crippen molar-refractivity contribution in [3.05, 3.63) is 65.3 Å². The first-order chi connectivity index (χ1) is 14.1. The van der Waals surface area contributed by atoms with Gasteiger partial charge < -0.3 is 10.2 Å². The molecule has 0 spiro atoms. The number of nitrogens with zero attached hydrogens (tertiary/aromatic N) is 3. The van der Waals surface area contributed by atoms with Gasteiger partial charge in [0.05, 0.1) is 0 Å². The molecule has 0 atom stereocenters. The van der Waals surface area contributed by atoms with E-state index in [9.17, 15) is 14.0 Å². The van der Waals surface area contributed by atoms with Gasteiger partial charge in [0.1, 0.15) is 11.5 Å². The maximum Gasteiger partial charge on any atom is 0.253 e. The molecule has 1 aliphatic heterocycles. The van der Waals surface area contributed by atoms with Crippen LogP contribution in [0, 0.1) is 11.7 Å². The van der Waals surface area contributed by atoms with Crippen molar-refractivity contribution < 1.29 is 14.0 Å². The smallest absolute Gasteiger partial charge is 0.253 e. The number of rotatable bonds is 4. The van der Waals surface area contributed by atoms with Gasteiger partial charge in [-0.1, -0.05) is 16.6 Å². The van der Waals surface area contributed by atoms with Gasteiger partial charge in [-0.15, -0.1) is 5.10 Å². The average Bonchev–Trinajstić information content (AvgIpc) is 3.29. The lowest BCUT2D eigenvalue weighted by Gasteiger charge is -2.31. The number of likely N-dealkylation sites (tertiary alicyclic amines) is 1. The number of amides is 2. The van der Waals surface area contributed by atoms with Gasteiger partial charge >= 0.3 is 0 Å². The minimum absolute atomic E-state index is 0.0399. The zero-order valence-electron chi connectivity index (χ0n) is 15.5. The van der Waals surface area contributed by atoms with Crippen molar-refractivity contribution in [2.75, 3.05) is 18.4 Å². The maximum absolute atomic E-state index is 13.0. The number of carbonyl (C=O) groups excluding carboxylic acids is 2. The third kappa shape index (κ3) is 4.48. The number of hydrogen-bond acceptors (Lipinski definition) is 5. The van der Waals surface area contributed by atoms with Crippen LogP contribution in [0.1, 0.15) is 23.2 Å². The van der Waals surface area contributed by atoms with Crippen molar-refractivity contribution in [1.29, 1.82) is 0 Å². The highest BCUT2D eigenvalue weighted by molar-refractivity contribution is 7.03. The molecule has 1 aliphatic rings. The second-order valence-corrected chi connectivity index (χ2v) is 7.54. The van der Waals surface area contributed by atoms with Crippen LogP contribution in [-0.2, 0) is 4.79 Å². The molecule has 0 saturated carbocycles. The van der Waals surface area contributed by atoms with E-state index in [1.807, 2.05) is 29.6 Å². The van der Waals surface area contributed by atoms with Crippen molar-refractivity contribution in [2.24, 2.45) is 5.92 Å². The summed E-state index contributed by atoms with van der Waals surface area (Å²) in [7, 11) is 0. The molecule has 8 heteroatoms. The molecule has 0 radical (unpaired) electrons. The van der Waals surface area contributed by atoms with Gasteiger partial charge in [-0.3, -0.25) is 9.59 Å². The van der Waals surface area contributed by atoms with E-state index in [4.69, 9.17) is 0 Å². The number of anilines is 1. The Balaban J connectivity index is 1.31.